The van der Waals surface area contributed by atoms with Crippen LogP contribution in [0, 0.1) is 0 Å². The highest BCUT2D eigenvalue weighted by atomic mass is 16.1. The monoisotopic (exact) mass is 281 g/mol. The van der Waals surface area contributed by atoms with Gasteiger partial charge < -0.3 is 10.6 Å². The third-order valence-corrected chi connectivity index (χ3v) is 3.22. The van der Waals surface area contributed by atoms with Crippen molar-refractivity contribution in [1.29, 1.82) is 0 Å². The van der Waals surface area contributed by atoms with Crippen molar-refractivity contribution in [3.63, 3.8) is 0 Å². The van der Waals surface area contributed by atoms with Crippen LogP contribution in [0.1, 0.15) is 5.56 Å². The zero-order valence-corrected chi connectivity index (χ0v) is 11.6. The predicted molar refractivity (Wildman–Crippen MR) is 83.1 cm³/mol. The molecular weight excluding hydrogens is 266 g/mol. The van der Waals surface area contributed by atoms with E-state index in [1.54, 1.807) is 30.6 Å². The Morgan fingerprint density at radius 3 is 2.95 bits per heavy atom. The molecule has 0 radical (unpaired) electrons. The summed E-state index contributed by atoms with van der Waals surface area (Å²) in [5, 5.41) is 0.494. The van der Waals surface area contributed by atoms with E-state index in [1.165, 1.54) is 0 Å². The van der Waals surface area contributed by atoms with Crippen molar-refractivity contribution in [1.82, 2.24) is 15.0 Å². The molecule has 3 aromatic rings. The van der Waals surface area contributed by atoms with E-state index in [1.807, 2.05) is 24.1 Å². The van der Waals surface area contributed by atoms with Crippen LogP contribution in [0.2, 0.25) is 0 Å². The second-order valence-electron chi connectivity index (χ2n) is 4.88. The number of aromatic amines is 1. The second-order valence-corrected chi connectivity index (χ2v) is 4.88. The largest absolute Gasteiger partial charge is 0.399 e. The van der Waals surface area contributed by atoms with Gasteiger partial charge in [-0.05, 0) is 29.8 Å². The molecule has 0 saturated carbocycles. The van der Waals surface area contributed by atoms with Crippen molar-refractivity contribution in [2.75, 3.05) is 17.7 Å². The normalized spacial score (nSPS) is 10.7. The fraction of sp³-hybridized carbons (Fsp3) is 0.133. The van der Waals surface area contributed by atoms with E-state index in [9.17, 15) is 4.79 Å². The number of hydrogen-bond acceptors (Lipinski definition) is 5. The molecule has 0 bridgehead atoms. The Morgan fingerprint density at radius 2 is 2.19 bits per heavy atom. The van der Waals surface area contributed by atoms with Gasteiger partial charge >= 0.3 is 0 Å². The van der Waals surface area contributed by atoms with Crippen molar-refractivity contribution in [2.45, 2.75) is 6.54 Å². The fourth-order valence-electron chi connectivity index (χ4n) is 2.17. The molecule has 6 heteroatoms. The van der Waals surface area contributed by atoms with Crippen LogP contribution >= 0.6 is 0 Å². The Bertz CT molecular complexity index is 828. The van der Waals surface area contributed by atoms with Crippen LogP contribution < -0.4 is 16.2 Å². The summed E-state index contributed by atoms with van der Waals surface area (Å²) in [6.07, 6.45) is 3.51. The van der Waals surface area contributed by atoms with Gasteiger partial charge in [0.05, 0.1) is 10.9 Å². The van der Waals surface area contributed by atoms with Gasteiger partial charge in [-0.1, -0.05) is 6.07 Å². The van der Waals surface area contributed by atoms with Crippen molar-refractivity contribution in [2.24, 2.45) is 0 Å². The average Bonchev–Trinajstić information content (AvgIpc) is 2.49. The number of nitrogens with zero attached hydrogens (tertiary/aromatic N) is 3. The van der Waals surface area contributed by atoms with Gasteiger partial charge in [-0.25, -0.2) is 4.98 Å². The van der Waals surface area contributed by atoms with Crippen molar-refractivity contribution in [3.8, 4) is 0 Å². The van der Waals surface area contributed by atoms with E-state index in [0.29, 0.717) is 29.1 Å². The Hall–Kier alpha value is -2.89. The van der Waals surface area contributed by atoms with E-state index in [4.69, 9.17) is 5.73 Å². The Labute approximate surface area is 121 Å². The summed E-state index contributed by atoms with van der Waals surface area (Å²) in [5.41, 5.74) is 7.72. The number of fused-ring (bicyclic) bond motifs is 1. The smallest absolute Gasteiger partial charge is 0.260 e. The third-order valence-electron chi connectivity index (χ3n) is 3.22. The van der Waals surface area contributed by atoms with Crippen LogP contribution in [0.15, 0.2) is 47.5 Å². The molecule has 3 N–H and O–H groups in total. The standard InChI is InChI=1S/C15H15N5O/c1-20(9-10-3-2-6-17-8-10)15-18-13-5-4-11(16)7-12(13)14(21)19-15/h2-8H,9,16H2,1H3,(H,18,19,21). The lowest BCUT2D eigenvalue weighted by molar-refractivity contribution is 0.864. The first-order valence-electron chi connectivity index (χ1n) is 6.53. The zero-order valence-electron chi connectivity index (χ0n) is 11.6. The number of H-pyrrole nitrogens is 1. The maximum absolute atomic E-state index is 12.1. The summed E-state index contributed by atoms with van der Waals surface area (Å²) in [4.78, 5) is 25.3. The topological polar surface area (TPSA) is 87.9 Å². The molecule has 0 aliphatic heterocycles. The number of nitrogen functional groups attached to an aromatic ring is 1. The Morgan fingerprint density at radius 1 is 1.33 bits per heavy atom. The molecule has 3 rings (SSSR count). The highest BCUT2D eigenvalue weighted by Crippen LogP contribution is 2.15. The van der Waals surface area contributed by atoms with Gasteiger partial charge in [0.2, 0.25) is 5.95 Å². The van der Waals surface area contributed by atoms with Crippen LogP contribution in [0.5, 0.6) is 0 Å². The van der Waals surface area contributed by atoms with Gasteiger partial charge in [-0.15, -0.1) is 0 Å². The highest BCUT2D eigenvalue weighted by Gasteiger charge is 2.08. The molecule has 0 saturated heterocycles. The van der Waals surface area contributed by atoms with Crippen LogP contribution in [0.25, 0.3) is 10.9 Å². The molecular formula is C15H15N5O. The number of pyridine rings is 1. The van der Waals surface area contributed by atoms with Crippen LogP contribution in [0.4, 0.5) is 11.6 Å². The summed E-state index contributed by atoms with van der Waals surface area (Å²) in [6, 6.07) is 8.97. The molecule has 106 valence electrons. The number of hydrogen-bond donors (Lipinski definition) is 2. The molecule has 0 spiro atoms. The summed E-state index contributed by atoms with van der Waals surface area (Å²) in [5.74, 6) is 0.515. The van der Waals surface area contributed by atoms with Gasteiger partial charge in [-0.3, -0.25) is 14.8 Å². The summed E-state index contributed by atoms with van der Waals surface area (Å²) < 4.78 is 0. The van der Waals surface area contributed by atoms with Crippen molar-refractivity contribution < 1.29 is 0 Å². The van der Waals surface area contributed by atoms with E-state index >= 15 is 0 Å². The molecule has 2 heterocycles. The Balaban J connectivity index is 1.97. The highest BCUT2D eigenvalue weighted by molar-refractivity contribution is 5.81. The first-order chi connectivity index (χ1) is 10.1. The lowest BCUT2D eigenvalue weighted by Gasteiger charge is -2.17. The van der Waals surface area contributed by atoms with Gasteiger partial charge in [-0.2, -0.15) is 0 Å². The van der Waals surface area contributed by atoms with Crippen molar-refractivity contribution in [3.05, 3.63) is 58.6 Å². The minimum Gasteiger partial charge on any atom is -0.399 e. The number of anilines is 2. The van der Waals surface area contributed by atoms with Crippen LogP contribution in [-0.2, 0) is 6.54 Å². The van der Waals surface area contributed by atoms with Crippen LogP contribution in [-0.4, -0.2) is 22.0 Å². The number of rotatable bonds is 3. The SMILES string of the molecule is CN(Cc1cccnc1)c1nc2ccc(N)cc2c(=O)[nH]1. The zero-order chi connectivity index (χ0) is 14.8. The quantitative estimate of drug-likeness (QED) is 0.711. The summed E-state index contributed by atoms with van der Waals surface area (Å²) >= 11 is 0. The molecule has 21 heavy (non-hydrogen) atoms. The summed E-state index contributed by atoms with van der Waals surface area (Å²) in [7, 11) is 1.87. The van der Waals surface area contributed by atoms with Gasteiger partial charge in [0, 0.05) is 31.7 Å². The van der Waals surface area contributed by atoms with Gasteiger partial charge in [0.25, 0.3) is 5.56 Å². The summed E-state index contributed by atoms with van der Waals surface area (Å²) in [6.45, 7) is 0.608. The molecule has 0 aliphatic carbocycles. The maximum Gasteiger partial charge on any atom is 0.260 e. The lowest BCUT2D eigenvalue weighted by atomic mass is 10.2. The van der Waals surface area contributed by atoms with E-state index in [2.05, 4.69) is 15.0 Å². The number of nitrogens with one attached hydrogen (secondary N) is 1. The average molecular weight is 281 g/mol. The molecule has 0 atom stereocenters. The molecule has 0 aliphatic rings. The number of aromatic nitrogens is 3. The maximum atomic E-state index is 12.1. The third kappa shape index (κ3) is 2.69. The fourth-order valence-corrected chi connectivity index (χ4v) is 2.17. The first kappa shape index (κ1) is 13.1. The molecule has 0 unspecified atom stereocenters. The predicted octanol–water partition coefficient (Wildman–Crippen LogP) is 1.54. The van der Waals surface area contributed by atoms with E-state index in [0.717, 1.165) is 5.56 Å². The van der Waals surface area contributed by atoms with E-state index < -0.39 is 0 Å². The van der Waals surface area contributed by atoms with Gasteiger partial charge in [0.15, 0.2) is 0 Å². The molecule has 2 aromatic heterocycles. The second kappa shape index (κ2) is 5.24. The minimum absolute atomic E-state index is 0.194. The lowest BCUT2D eigenvalue weighted by Crippen LogP contribution is -2.22. The molecule has 6 nitrogen and oxygen atoms in total. The van der Waals surface area contributed by atoms with Crippen LogP contribution in [0.3, 0.4) is 0 Å². The minimum atomic E-state index is -0.194. The van der Waals surface area contributed by atoms with Crippen molar-refractivity contribution >= 4 is 22.5 Å². The number of nitrogens with two attached hydrogens (primary N) is 1. The van der Waals surface area contributed by atoms with Gasteiger partial charge in [0.1, 0.15) is 0 Å². The molecule has 0 fully saturated rings. The molecule has 1 aromatic carbocycles. The number of benzene rings is 1. The molecule has 0 amide bonds. The Kier molecular flexibility index (Phi) is 3.27. The first-order valence-corrected chi connectivity index (χ1v) is 6.53. The van der Waals surface area contributed by atoms with E-state index in [-0.39, 0.29) is 5.56 Å².